The molecule has 0 spiro atoms. The first-order valence-corrected chi connectivity index (χ1v) is 6.63. The summed E-state index contributed by atoms with van der Waals surface area (Å²) < 4.78 is 5.28. The van der Waals surface area contributed by atoms with Crippen LogP contribution in [-0.2, 0) is 14.3 Å². The van der Waals surface area contributed by atoms with Gasteiger partial charge in [-0.1, -0.05) is 6.42 Å². The summed E-state index contributed by atoms with van der Waals surface area (Å²) in [4.78, 5) is 25.2. The molecule has 1 amide bonds. The second-order valence-corrected chi connectivity index (χ2v) is 5.48. The molecule has 2 fully saturated rings. The number of ether oxygens (including phenoxy) is 1. The third-order valence-electron chi connectivity index (χ3n) is 4.25. The Labute approximate surface area is 107 Å². The molecular weight excluding hydrogens is 234 g/mol. The normalized spacial score (nSPS) is 23.2. The number of nitrogens with zero attached hydrogens (tertiary/aromatic N) is 1. The molecule has 18 heavy (non-hydrogen) atoms. The van der Waals surface area contributed by atoms with Crippen molar-refractivity contribution in [1.82, 2.24) is 4.90 Å². The molecule has 1 N–H and O–H groups in total. The molecule has 1 aliphatic heterocycles. The lowest BCUT2D eigenvalue weighted by molar-refractivity contribution is -0.167. The van der Waals surface area contributed by atoms with E-state index >= 15 is 0 Å². The van der Waals surface area contributed by atoms with Crippen molar-refractivity contribution in [3.8, 4) is 0 Å². The summed E-state index contributed by atoms with van der Waals surface area (Å²) in [6.07, 6.45) is 3.72. The lowest BCUT2D eigenvalue weighted by atomic mass is 9.67. The number of carboxylic acid groups (broad SMARTS) is 1. The molecule has 1 saturated heterocycles. The van der Waals surface area contributed by atoms with E-state index in [1.807, 2.05) is 0 Å². The van der Waals surface area contributed by atoms with Gasteiger partial charge >= 0.3 is 5.97 Å². The third-order valence-corrected chi connectivity index (χ3v) is 4.25. The van der Waals surface area contributed by atoms with Gasteiger partial charge in [0, 0.05) is 26.8 Å². The van der Waals surface area contributed by atoms with Gasteiger partial charge in [-0.25, -0.2) is 0 Å². The maximum atomic E-state index is 12.3. The fraction of sp³-hybridized carbons (Fsp3) is 0.846. The van der Waals surface area contributed by atoms with Crippen LogP contribution >= 0.6 is 0 Å². The molecule has 0 aromatic carbocycles. The Balaban J connectivity index is 1.93. The number of carbonyl (C=O) groups is 2. The van der Waals surface area contributed by atoms with Crippen LogP contribution in [0.25, 0.3) is 0 Å². The molecular formula is C13H21NO4. The molecule has 1 heterocycles. The molecule has 2 aliphatic rings. The van der Waals surface area contributed by atoms with Crippen molar-refractivity contribution in [3.63, 3.8) is 0 Å². The first-order valence-electron chi connectivity index (χ1n) is 6.63. The Bertz CT molecular complexity index is 332. The second-order valence-electron chi connectivity index (χ2n) is 5.48. The van der Waals surface area contributed by atoms with Crippen molar-refractivity contribution in [2.75, 3.05) is 26.8 Å². The van der Waals surface area contributed by atoms with Crippen molar-refractivity contribution < 1.29 is 19.4 Å². The van der Waals surface area contributed by atoms with E-state index in [1.54, 1.807) is 11.9 Å². The second kappa shape index (κ2) is 5.26. The molecule has 1 saturated carbocycles. The maximum absolute atomic E-state index is 12.3. The lowest BCUT2D eigenvalue weighted by Crippen LogP contribution is -2.52. The molecule has 0 atom stereocenters. The topological polar surface area (TPSA) is 66.8 Å². The number of amides is 1. The zero-order valence-electron chi connectivity index (χ0n) is 10.9. The van der Waals surface area contributed by atoms with Gasteiger partial charge in [0.25, 0.3) is 0 Å². The van der Waals surface area contributed by atoms with Crippen LogP contribution in [0.15, 0.2) is 0 Å². The van der Waals surface area contributed by atoms with Crippen molar-refractivity contribution in [2.24, 2.45) is 11.3 Å². The van der Waals surface area contributed by atoms with Gasteiger partial charge in [0.15, 0.2) is 0 Å². The fourth-order valence-electron chi connectivity index (χ4n) is 2.81. The van der Waals surface area contributed by atoms with Crippen LogP contribution in [0.4, 0.5) is 0 Å². The van der Waals surface area contributed by atoms with E-state index in [4.69, 9.17) is 4.74 Å². The van der Waals surface area contributed by atoms with Crippen LogP contribution in [-0.4, -0.2) is 48.7 Å². The summed E-state index contributed by atoms with van der Waals surface area (Å²) in [6, 6.07) is 0. The van der Waals surface area contributed by atoms with Crippen LogP contribution in [0, 0.1) is 11.3 Å². The molecule has 0 aromatic rings. The van der Waals surface area contributed by atoms with Crippen molar-refractivity contribution in [1.29, 1.82) is 0 Å². The van der Waals surface area contributed by atoms with E-state index in [0.717, 1.165) is 32.5 Å². The number of aliphatic carboxylic acids is 1. The van der Waals surface area contributed by atoms with Crippen LogP contribution in [0.3, 0.4) is 0 Å². The van der Waals surface area contributed by atoms with Crippen LogP contribution < -0.4 is 0 Å². The van der Waals surface area contributed by atoms with Crippen molar-refractivity contribution >= 4 is 11.9 Å². The summed E-state index contributed by atoms with van der Waals surface area (Å²) >= 11 is 0. The van der Waals surface area contributed by atoms with Gasteiger partial charge in [0.05, 0.1) is 0 Å². The standard InChI is InChI=1S/C13H21NO4/c1-14(9-10-3-7-18-8-4-10)11(15)13(12(16)17)5-2-6-13/h10H,2-9H2,1H3,(H,16,17). The average molecular weight is 255 g/mol. The molecule has 0 bridgehead atoms. The van der Waals surface area contributed by atoms with Gasteiger partial charge in [-0.05, 0) is 31.6 Å². The Morgan fingerprint density at radius 2 is 1.94 bits per heavy atom. The summed E-state index contributed by atoms with van der Waals surface area (Å²) in [6.45, 7) is 2.14. The summed E-state index contributed by atoms with van der Waals surface area (Å²) in [7, 11) is 1.72. The third kappa shape index (κ3) is 2.36. The Hall–Kier alpha value is -1.10. The lowest BCUT2D eigenvalue weighted by Gasteiger charge is -2.39. The number of hydrogen-bond donors (Lipinski definition) is 1. The number of carbonyl (C=O) groups excluding carboxylic acids is 1. The number of carboxylic acids is 1. The van der Waals surface area contributed by atoms with E-state index in [-0.39, 0.29) is 5.91 Å². The Kier molecular flexibility index (Phi) is 3.90. The predicted octanol–water partition coefficient (Wildman–Crippen LogP) is 1.13. The number of rotatable bonds is 4. The predicted molar refractivity (Wildman–Crippen MR) is 65.1 cm³/mol. The average Bonchev–Trinajstić information content (AvgIpc) is 2.28. The van der Waals surface area contributed by atoms with Gasteiger partial charge < -0.3 is 14.7 Å². The SMILES string of the molecule is CN(CC1CCOCC1)C(=O)C1(C(=O)O)CCC1. The van der Waals surface area contributed by atoms with Gasteiger partial charge in [-0.3, -0.25) is 9.59 Å². The highest BCUT2D eigenvalue weighted by Crippen LogP contribution is 2.42. The summed E-state index contributed by atoms with van der Waals surface area (Å²) in [5.74, 6) is -0.732. The molecule has 0 unspecified atom stereocenters. The van der Waals surface area contributed by atoms with Crippen LogP contribution in [0.5, 0.6) is 0 Å². The van der Waals surface area contributed by atoms with Crippen LogP contribution in [0.1, 0.15) is 32.1 Å². The molecule has 5 heteroatoms. The highest BCUT2D eigenvalue weighted by atomic mass is 16.5. The number of hydrogen-bond acceptors (Lipinski definition) is 3. The van der Waals surface area contributed by atoms with Crippen molar-refractivity contribution in [2.45, 2.75) is 32.1 Å². The molecule has 5 nitrogen and oxygen atoms in total. The van der Waals surface area contributed by atoms with E-state index in [0.29, 0.717) is 25.3 Å². The monoisotopic (exact) mass is 255 g/mol. The van der Waals surface area contributed by atoms with Gasteiger partial charge in [-0.2, -0.15) is 0 Å². The fourth-order valence-corrected chi connectivity index (χ4v) is 2.81. The van der Waals surface area contributed by atoms with Gasteiger partial charge in [0.1, 0.15) is 5.41 Å². The minimum atomic E-state index is -1.13. The maximum Gasteiger partial charge on any atom is 0.319 e. The van der Waals surface area contributed by atoms with E-state index in [2.05, 4.69) is 0 Å². The zero-order valence-corrected chi connectivity index (χ0v) is 10.9. The van der Waals surface area contributed by atoms with Gasteiger partial charge in [0.2, 0.25) is 5.91 Å². The zero-order chi connectivity index (χ0) is 13.2. The molecule has 0 radical (unpaired) electrons. The van der Waals surface area contributed by atoms with Crippen molar-refractivity contribution in [3.05, 3.63) is 0 Å². The minimum absolute atomic E-state index is 0.215. The quantitative estimate of drug-likeness (QED) is 0.765. The molecule has 1 aliphatic carbocycles. The first-order chi connectivity index (χ1) is 8.56. The minimum Gasteiger partial charge on any atom is -0.480 e. The highest BCUT2D eigenvalue weighted by molar-refractivity contribution is 6.02. The van der Waals surface area contributed by atoms with Crippen LogP contribution in [0.2, 0.25) is 0 Å². The van der Waals surface area contributed by atoms with E-state index < -0.39 is 11.4 Å². The summed E-state index contributed by atoms with van der Waals surface area (Å²) in [5, 5.41) is 9.24. The van der Waals surface area contributed by atoms with E-state index in [1.165, 1.54) is 0 Å². The molecule has 102 valence electrons. The smallest absolute Gasteiger partial charge is 0.319 e. The first kappa shape index (κ1) is 13.3. The highest BCUT2D eigenvalue weighted by Gasteiger charge is 2.52. The Morgan fingerprint density at radius 1 is 1.33 bits per heavy atom. The Morgan fingerprint density at radius 3 is 2.39 bits per heavy atom. The molecule has 0 aromatic heterocycles. The van der Waals surface area contributed by atoms with E-state index in [9.17, 15) is 14.7 Å². The van der Waals surface area contributed by atoms with Gasteiger partial charge in [-0.15, -0.1) is 0 Å². The molecule has 2 rings (SSSR count). The summed E-state index contributed by atoms with van der Waals surface area (Å²) in [5.41, 5.74) is -1.13. The largest absolute Gasteiger partial charge is 0.480 e.